The van der Waals surface area contributed by atoms with E-state index in [0.717, 1.165) is 44.6 Å². The van der Waals surface area contributed by atoms with Crippen LogP contribution in [-0.4, -0.2) is 40.3 Å². The molecule has 21 heavy (non-hydrogen) atoms. The third-order valence-corrected chi connectivity index (χ3v) is 4.46. The molecule has 0 aromatic heterocycles. The second-order valence-corrected chi connectivity index (χ2v) is 6.04. The molecule has 5 nitrogen and oxygen atoms in total. The van der Waals surface area contributed by atoms with Crippen molar-refractivity contribution in [1.82, 2.24) is 4.90 Å². The van der Waals surface area contributed by atoms with E-state index in [1.807, 2.05) is 0 Å². The van der Waals surface area contributed by atoms with E-state index in [0.29, 0.717) is 18.9 Å². The van der Waals surface area contributed by atoms with Gasteiger partial charge in [0.25, 0.3) is 5.91 Å². The molecule has 0 aromatic carbocycles. The van der Waals surface area contributed by atoms with Gasteiger partial charge in [0.1, 0.15) is 0 Å². The van der Waals surface area contributed by atoms with Gasteiger partial charge in [0, 0.05) is 19.0 Å². The van der Waals surface area contributed by atoms with Crippen LogP contribution in [-0.2, 0) is 14.4 Å². The first-order chi connectivity index (χ1) is 10.1. The molecule has 1 aliphatic carbocycles. The van der Waals surface area contributed by atoms with Crippen LogP contribution in [0, 0.1) is 5.92 Å². The maximum absolute atomic E-state index is 12.3. The number of hydrogen-bond acceptors (Lipinski definition) is 3. The summed E-state index contributed by atoms with van der Waals surface area (Å²) >= 11 is 0. The van der Waals surface area contributed by atoms with Crippen LogP contribution in [0.5, 0.6) is 0 Å². The first-order valence-corrected chi connectivity index (χ1v) is 7.83. The van der Waals surface area contributed by atoms with Gasteiger partial charge in [0.05, 0.1) is 6.04 Å². The number of hydrogen-bond donors (Lipinski definition) is 1. The standard InChI is InChI=1S/C16H23NO4/c18-14(11-12-5-2-1-3-6-12)16(21)17-10-4-7-13(17)8-9-15(19)20/h8-9,12-13H,1-7,10-11H2,(H,19,20)/t13-/m0/s1. The average molecular weight is 293 g/mol. The first kappa shape index (κ1) is 15.7. The Hall–Kier alpha value is -1.65. The second kappa shape index (κ2) is 7.38. The lowest BCUT2D eigenvalue weighted by Gasteiger charge is -2.24. The number of carboxylic acids is 1. The van der Waals surface area contributed by atoms with Crippen molar-refractivity contribution in [3.8, 4) is 0 Å². The molecule has 5 heteroatoms. The minimum absolute atomic E-state index is 0.246. The van der Waals surface area contributed by atoms with E-state index in [9.17, 15) is 14.4 Å². The van der Waals surface area contributed by atoms with Gasteiger partial charge in [-0.3, -0.25) is 9.59 Å². The van der Waals surface area contributed by atoms with Gasteiger partial charge in [-0.05, 0) is 18.8 Å². The fraction of sp³-hybridized carbons (Fsp3) is 0.688. The zero-order valence-electron chi connectivity index (χ0n) is 12.3. The highest BCUT2D eigenvalue weighted by atomic mass is 16.4. The Labute approximate surface area is 125 Å². The summed E-state index contributed by atoms with van der Waals surface area (Å²) in [5, 5.41) is 8.67. The number of carboxylic acid groups (broad SMARTS) is 1. The zero-order chi connectivity index (χ0) is 15.2. The SMILES string of the molecule is O=C(O)C=C[C@@H]1CCCN1C(=O)C(=O)CC1CCCCC1. The number of carbonyl (C=O) groups is 3. The molecule has 1 saturated carbocycles. The third kappa shape index (κ3) is 4.41. The largest absolute Gasteiger partial charge is 0.478 e. The molecular weight excluding hydrogens is 270 g/mol. The number of amides is 1. The van der Waals surface area contributed by atoms with Crippen LogP contribution >= 0.6 is 0 Å². The molecule has 116 valence electrons. The number of Topliss-reactive ketones (excluding diaryl/α,β-unsaturated/α-hetero) is 1. The quantitative estimate of drug-likeness (QED) is 0.622. The number of nitrogens with zero attached hydrogens (tertiary/aromatic N) is 1. The van der Waals surface area contributed by atoms with Crippen LogP contribution in [0.4, 0.5) is 0 Å². The highest BCUT2D eigenvalue weighted by Crippen LogP contribution is 2.27. The van der Waals surface area contributed by atoms with Crippen molar-refractivity contribution in [3.05, 3.63) is 12.2 Å². The van der Waals surface area contributed by atoms with Crippen molar-refractivity contribution >= 4 is 17.7 Å². The van der Waals surface area contributed by atoms with Crippen molar-refractivity contribution in [2.24, 2.45) is 5.92 Å². The van der Waals surface area contributed by atoms with Gasteiger partial charge in [-0.25, -0.2) is 4.79 Å². The van der Waals surface area contributed by atoms with E-state index in [2.05, 4.69) is 0 Å². The smallest absolute Gasteiger partial charge is 0.328 e. The lowest BCUT2D eigenvalue weighted by molar-refractivity contribution is -0.145. The van der Waals surface area contributed by atoms with Gasteiger partial charge < -0.3 is 10.0 Å². The number of aliphatic carboxylic acids is 1. The Balaban J connectivity index is 1.91. The molecule has 1 atom stereocenters. The van der Waals surface area contributed by atoms with E-state index in [4.69, 9.17) is 5.11 Å². The van der Waals surface area contributed by atoms with E-state index >= 15 is 0 Å². The zero-order valence-corrected chi connectivity index (χ0v) is 12.3. The molecule has 0 radical (unpaired) electrons. The van der Waals surface area contributed by atoms with E-state index in [1.165, 1.54) is 17.4 Å². The maximum atomic E-state index is 12.3. The van der Waals surface area contributed by atoms with Crippen LogP contribution in [0.25, 0.3) is 0 Å². The minimum Gasteiger partial charge on any atom is -0.478 e. The van der Waals surface area contributed by atoms with E-state index in [-0.39, 0.29) is 11.8 Å². The first-order valence-electron chi connectivity index (χ1n) is 7.83. The van der Waals surface area contributed by atoms with Crippen LogP contribution in [0.15, 0.2) is 12.2 Å². The molecule has 2 fully saturated rings. The molecular formula is C16H23NO4. The normalized spacial score (nSPS) is 23.6. The minimum atomic E-state index is -1.03. The summed E-state index contributed by atoms with van der Waals surface area (Å²) in [6.07, 6.45) is 10.1. The molecule has 0 aromatic rings. The fourth-order valence-corrected chi connectivity index (χ4v) is 3.34. The van der Waals surface area contributed by atoms with Gasteiger partial charge in [-0.1, -0.05) is 38.2 Å². The highest BCUT2D eigenvalue weighted by Gasteiger charge is 2.32. The lowest BCUT2D eigenvalue weighted by atomic mass is 9.85. The Morgan fingerprint density at radius 3 is 2.43 bits per heavy atom. The summed E-state index contributed by atoms with van der Waals surface area (Å²) in [7, 11) is 0. The molecule has 1 aliphatic heterocycles. The van der Waals surface area contributed by atoms with Crippen molar-refractivity contribution in [2.75, 3.05) is 6.54 Å². The Kier molecular flexibility index (Phi) is 5.53. The van der Waals surface area contributed by atoms with E-state index < -0.39 is 11.9 Å². The lowest BCUT2D eigenvalue weighted by Crippen LogP contribution is -2.40. The number of carbonyl (C=O) groups excluding carboxylic acids is 2. The summed E-state index contributed by atoms with van der Waals surface area (Å²) in [6.45, 7) is 0.546. The molecule has 1 heterocycles. The molecule has 1 amide bonds. The predicted octanol–water partition coefficient (Wildman–Crippen LogP) is 2.16. The molecule has 1 N–H and O–H groups in total. The van der Waals surface area contributed by atoms with Crippen LogP contribution in [0.1, 0.15) is 51.4 Å². The van der Waals surface area contributed by atoms with Gasteiger partial charge in [-0.2, -0.15) is 0 Å². The van der Waals surface area contributed by atoms with Crippen LogP contribution < -0.4 is 0 Å². The molecule has 0 spiro atoms. The van der Waals surface area contributed by atoms with Gasteiger partial charge >= 0.3 is 5.97 Å². The Bertz CT molecular complexity index is 438. The monoisotopic (exact) mass is 293 g/mol. The topological polar surface area (TPSA) is 74.7 Å². The highest BCUT2D eigenvalue weighted by molar-refractivity contribution is 6.36. The molecule has 0 bridgehead atoms. The number of likely N-dealkylation sites (tertiary alicyclic amines) is 1. The molecule has 0 unspecified atom stereocenters. The summed E-state index contributed by atoms with van der Waals surface area (Å²) in [5.74, 6) is -1.41. The van der Waals surface area contributed by atoms with E-state index in [1.54, 1.807) is 0 Å². The molecule has 2 aliphatic rings. The summed E-state index contributed by atoms with van der Waals surface area (Å²) in [5.41, 5.74) is 0. The summed E-state index contributed by atoms with van der Waals surface area (Å²) in [4.78, 5) is 36.5. The maximum Gasteiger partial charge on any atom is 0.328 e. The number of rotatable bonds is 5. The Morgan fingerprint density at radius 2 is 1.76 bits per heavy atom. The van der Waals surface area contributed by atoms with Crippen LogP contribution in [0.3, 0.4) is 0 Å². The summed E-state index contributed by atoms with van der Waals surface area (Å²) in [6, 6.07) is -0.246. The third-order valence-electron chi connectivity index (χ3n) is 4.46. The molecule has 1 saturated heterocycles. The summed E-state index contributed by atoms with van der Waals surface area (Å²) < 4.78 is 0. The van der Waals surface area contributed by atoms with Crippen molar-refractivity contribution < 1.29 is 19.5 Å². The van der Waals surface area contributed by atoms with Crippen molar-refractivity contribution in [1.29, 1.82) is 0 Å². The van der Waals surface area contributed by atoms with Crippen LogP contribution in [0.2, 0.25) is 0 Å². The average Bonchev–Trinajstić information content (AvgIpc) is 2.93. The van der Waals surface area contributed by atoms with Gasteiger partial charge in [0.2, 0.25) is 5.78 Å². The van der Waals surface area contributed by atoms with Crippen molar-refractivity contribution in [3.63, 3.8) is 0 Å². The van der Waals surface area contributed by atoms with Gasteiger partial charge in [0.15, 0.2) is 0 Å². The predicted molar refractivity (Wildman–Crippen MR) is 77.7 cm³/mol. The second-order valence-electron chi connectivity index (χ2n) is 6.04. The van der Waals surface area contributed by atoms with Crippen molar-refractivity contribution in [2.45, 2.75) is 57.4 Å². The van der Waals surface area contributed by atoms with Gasteiger partial charge in [-0.15, -0.1) is 0 Å². The molecule has 2 rings (SSSR count). The number of ketones is 1. The Morgan fingerprint density at radius 1 is 1.05 bits per heavy atom. The fourth-order valence-electron chi connectivity index (χ4n) is 3.34.